The summed E-state index contributed by atoms with van der Waals surface area (Å²) in [6.07, 6.45) is -4.82. The number of fused-ring (bicyclic) bond motifs is 3. The lowest BCUT2D eigenvalue weighted by Gasteiger charge is -2.15. The Morgan fingerprint density at radius 2 is 1.60 bits per heavy atom. The van der Waals surface area contributed by atoms with Crippen molar-refractivity contribution >= 4 is 39.3 Å². The Bertz CT molecular complexity index is 1570. The van der Waals surface area contributed by atoms with Crippen LogP contribution in [0.3, 0.4) is 0 Å². The molecule has 0 saturated heterocycles. The van der Waals surface area contributed by atoms with Crippen LogP contribution in [0.5, 0.6) is 5.75 Å². The molecule has 0 aliphatic rings. The smallest absolute Gasteiger partial charge is 0.405 e. The van der Waals surface area contributed by atoms with Gasteiger partial charge in [0.1, 0.15) is 5.75 Å². The van der Waals surface area contributed by atoms with Gasteiger partial charge in [-0.1, -0.05) is 60.1 Å². The molecular weight excluding hydrogens is 477 g/mol. The second kappa shape index (κ2) is 8.67. The third-order valence-corrected chi connectivity index (χ3v) is 6.11. The van der Waals surface area contributed by atoms with Gasteiger partial charge >= 0.3 is 6.36 Å². The highest BCUT2D eigenvalue weighted by Gasteiger charge is 2.32. The van der Waals surface area contributed by atoms with Gasteiger partial charge in [0.05, 0.1) is 17.6 Å². The summed E-state index contributed by atoms with van der Waals surface area (Å²) < 4.78 is 45.2. The molecule has 2 N–H and O–H groups in total. The van der Waals surface area contributed by atoms with E-state index in [0.717, 1.165) is 22.0 Å². The number of primary amides is 1. The third kappa shape index (κ3) is 4.42. The van der Waals surface area contributed by atoms with Gasteiger partial charge in [0.25, 0.3) is 0 Å². The topological polar surface area (TPSA) is 57.2 Å². The number of ether oxygens (including phenoxy) is 1. The Hall–Kier alpha value is -3.97. The lowest BCUT2D eigenvalue weighted by molar-refractivity contribution is -0.274. The molecule has 4 nitrogen and oxygen atoms in total. The van der Waals surface area contributed by atoms with E-state index in [4.69, 9.17) is 17.3 Å². The second-order valence-electron chi connectivity index (χ2n) is 8.04. The van der Waals surface area contributed by atoms with Crippen LogP contribution in [-0.2, 0) is 6.54 Å². The number of alkyl halides is 3. The monoisotopic (exact) mass is 494 g/mol. The molecule has 0 aliphatic carbocycles. The molecule has 35 heavy (non-hydrogen) atoms. The largest absolute Gasteiger partial charge is 0.573 e. The van der Waals surface area contributed by atoms with E-state index < -0.39 is 12.3 Å². The SMILES string of the molecule is NC(=O)c1cccc2c1c1ccc(-c3ccc(Cl)cc3)cc1n2Cc1ccccc1OC(F)(F)F. The zero-order valence-electron chi connectivity index (χ0n) is 18.1. The minimum Gasteiger partial charge on any atom is -0.405 e. The molecule has 0 saturated carbocycles. The summed E-state index contributed by atoms with van der Waals surface area (Å²) >= 11 is 6.03. The lowest BCUT2D eigenvalue weighted by atomic mass is 10.0. The number of halogens is 4. The van der Waals surface area contributed by atoms with E-state index >= 15 is 0 Å². The summed E-state index contributed by atoms with van der Waals surface area (Å²) in [7, 11) is 0. The van der Waals surface area contributed by atoms with Crippen molar-refractivity contribution in [2.75, 3.05) is 0 Å². The van der Waals surface area contributed by atoms with Crippen LogP contribution in [0.25, 0.3) is 32.9 Å². The van der Waals surface area contributed by atoms with Crippen LogP contribution in [0.4, 0.5) is 13.2 Å². The van der Waals surface area contributed by atoms with Crippen LogP contribution in [0.2, 0.25) is 5.02 Å². The summed E-state index contributed by atoms with van der Waals surface area (Å²) in [5.74, 6) is -0.868. The van der Waals surface area contributed by atoms with Crippen LogP contribution >= 0.6 is 11.6 Å². The van der Waals surface area contributed by atoms with Gasteiger partial charge in [-0.05, 0) is 47.5 Å². The highest BCUT2D eigenvalue weighted by Crippen LogP contribution is 2.36. The molecule has 0 radical (unpaired) electrons. The van der Waals surface area contributed by atoms with Gasteiger partial charge in [0.15, 0.2) is 0 Å². The second-order valence-corrected chi connectivity index (χ2v) is 8.48. The highest BCUT2D eigenvalue weighted by atomic mass is 35.5. The lowest BCUT2D eigenvalue weighted by Crippen LogP contribution is -2.18. The Morgan fingerprint density at radius 1 is 0.886 bits per heavy atom. The third-order valence-electron chi connectivity index (χ3n) is 5.86. The number of carbonyl (C=O) groups is 1. The molecule has 1 aromatic heterocycles. The molecule has 4 aromatic carbocycles. The molecule has 0 spiro atoms. The van der Waals surface area contributed by atoms with Crippen molar-refractivity contribution in [3.8, 4) is 16.9 Å². The standard InChI is InChI=1S/C27H18ClF3N2O2/c28-19-11-8-16(9-12-19)17-10-13-20-23(14-17)33(22-6-3-5-21(25(20)22)26(32)34)15-18-4-1-2-7-24(18)35-27(29,30)31/h1-14H,15H2,(H2,32,34). The first-order valence-electron chi connectivity index (χ1n) is 10.7. The van der Waals surface area contributed by atoms with E-state index in [1.165, 1.54) is 12.1 Å². The van der Waals surface area contributed by atoms with E-state index in [9.17, 15) is 18.0 Å². The highest BCUT2D eigenvalue weighted by molar-refractivity contribution is 6.30. The number of nitrogens with two attached hydrogens (primary N) is 1. The molecule has 5 rings (SSSR count). The van der Waals surface area contributed by atoms with Crippen molar-refractivity contribution in [1.82, 2.24) is 4.57 Å². The van der Waals surface area contributed by atoms with Gasteiger partial charge in [-0.15, -0.1) is 13.2 Å². The van der Waals surface area contributed by atoms with Crippen LogP contribution in [0.15, 0.2) is 84.9 Å². The van der Waals surface area contributed by atoms with E-state index in [1.807, 2.05) is 41.0 Å². The summed E-state index contributed by atoms with van der Waals surface area (Å²) in [6, 6.07) is 24.3. The number of amides is 1. The van der Waals surface area contributed by atoms with Gasteiger partial charge in [-0.2, -0.15) is 0 Å². The number of benzene rings is 4. The quantitative estimate of drug-likeness (QED) is 0.282. The van der Waals surface area contributed by atoms with Crippen LogP contribution in [-0.4, -0.2) is 16.8 Å². The Morgan fingerprint density at radius 3 is 2.31 bits per heavy atom. The number of carbonyl (C=O) groups excluding carboxylic acids is 1. The number of rotatable bonds is 5. The summed E-state index contributed by atoms with van der Waals surface area (Å²) in [4.78, 5) is 12.2. The van der Waals surface area contributed by atoms with Crippen molar-refractivity contribution in [1.29, 1.82) is 0 Å². The fraction of sp³-hybridized carbons (Fsp3) is 0.0741. The predicted molar refractivity (Wildman–Crippen MR) is 131 cm³/mol. The normalized spacial score (nSPS) is 11.8. The van der Waals surface area contributed by atoms with Gasteiger partial charge in [-0.3, -0.25) is 4.79 Å². The van der Waals surface area contributed by atoms with Gasteiger partial charge < -0.3 is 15.0 Å². The van der Waals surface area contributed by atoms with Crippen molar-refractivity contribution in [3.63, 3.8) is 0 Å². The Balaban J connectivity index is 1.75. The van der Waals surface area contributed by atoms with Crippen LogP contribution < -0.4 is 10.5 Å². The summed E-state index contributed by atoms with van der Waals surface area (Å²) in [5.41, 5.74) is 9.55. The van der Waals surface area contributed by atoms with E-state index in [-0.39, 0.29) is 12.3 Å². The van der Waals surface area contributed by atoms with E-state index in [1.54, 1.807) is 36.4 Å². The van der Waals surface area contributed by atoms with Crippen LogP contribution in [0, 0.1) is 0 Å². The summed E-state index contributed by atoms with van der Waals surface area (Å²) in [5, 5.41) is 2.02. The zero-order valence-corrected chi connectivity index (χ0v) is 18.9. The minimum absolute atomic E-state index is 0.0819. The molecule has 0 fully saturated rings. The molecule has 176 valence electrons. The number of hydrogen-bond donors (Lipinski definition) is 1. The fourth-order valence-corrected chi connectivity index (χ4v) is 4.50. The molecule has 1 amide bonds. The maximum absolute atomic E-state index is 13.0. The predicted octanol–water partition coefficient (Wildman–Crippen LogP) is 7.16. The number of para-hydroxylation sites is 1. The molecule has 5 aromatic rings. The molecule has 1 heterocycles. The number of aromatic nitrogens is 1. The number of nitrogens with zero attached hydrogens (tertiary/aromatic N) is 1. The summed E-state index contributed by atoms with van der Waals surface area (Å²) in [6.45, 7) is 0.0819. The average molecular weight is 495 g/mol. The minimum atomic E-state index is -4.82. The van der Waals surface area contributed by atoms with Gasteiger partial charge in [-0.25, -0.2) is 0 Å². The first-order chi connectivity index (χ1) is 16.7. The molecular formula is C27H18ClF3N2O2. The Labute approximate surface area is 203 Å². The van der Waals surface area contributed by atoms with Gasteiger partial charge in [0, 0.05) is 26.9 Å². The zero-order chi connectivity index (χ0) is 24.7. The molecule has 0 aliphatic heterocycles. The molecule has 0 atom stereocenters. The first kappa shape index (κ1) is 22.8. The van der Waals surface area contributed by atoms with E-state index in [2.05, 4.69) is 4.74 Å². The van der Waals surface area contributed by atoms with E-state index in [0.29, 0.717) is 27.1 Å². The first-order valence-corrected chi connectivity index (χ1v) is 11.0. The fourth-order valence-electron chi connectivity index (χ4n) is 4.37. The van der Waals surface area contributed by atoms with Crippen molar-refractivity contribution in [2.45, 2.75) is 12.9 Å². The van der Waals surface area contributed by atoms with Crippen LogP contribution in [0.1, 0.15) is 15.9 Å². The average Bonchev–Trinajstić information content (AvgIpc) is 3.13. The molecule has 8 heteroatoms. The maximum Gasteiger partial charge on any atom is 0.573 e. The molecule has 0 unspecified atom stereocenters. The number of hydrogen-bond acceptors (Lipinski definition) is 2. The maximum atomic E-state index is 13.0. The Kier molecular flexibility index (Phi) is 5.65. The van der Waals surface area contributed by atoms with Gasteiger partial charge in [0.2, 0.25) is 5.91 Å². The van der Waals surface area contributed by atoms with Crippen molar-refractivity contribution < 1.29 is 22.7 Å². The van der Waals surface area contributed by atoms with Crippen molar-refractivity contribution in [3.05, 3.63) is 101 Å². The molecule has 0 bridgehead atoms. The van der Waals surface area contributed by atoms with Crippen molar-refractivity contribution in [2.24, 2.45) is 5.73 Å².